The van der Waals surface area contributed by atoms with Crippen molar-refractivity contribution in [1.29, 1.82) is 0 Å². The predicted octanol–water partition coefficient (Wildman–Crippen LogP) is 3.15. The molecule has 0 spiro atoms. The number of ether oxygens (including phenoxy) is 1. The van der Waals surface area contributed by atoms with Gasteiger partial charge in [0.05, 0.1) is 6.61 Å². The third-order valence-electron chi connectivity index (χ3n) is 2.30. The first-order chi connectivity index (χ1) is 6.42. The number of rotatable bonds is 4. The van der Waals surface area contributed by atoms with Gasteiger partial charge in [-0.3, -0.25) is 0 Å². The Labute approximate surface area is 79.7 Å². The highest BCUT2D eigenvalue weighted by molar-refractivity contribution is 5.37. The molecule has 0 aromatic heterocycles. The molecule has 1 heteroatoms. The molecular formula is C12H15O. The van der Waals surface area contributed by atoms with Crippen LogP contribution in [-0.2, 0) is 0 Å². The smallest absolute Gasteiger partial charge is 0.123 e. The van der Waals surface area contributed by atoms with Gasteiger partial charge in [-0.25, -0.2) is 0 Å². The van der Waals surface area contributed by atoms with E-state index in [0.717, 1.165) is 24.7 Å². The van der Waals surface area contributed by atoms with Crippen LogP contribution in [0.15, 0.2) is 18.2 Å². The predicted molar refractivity (Wildman–Crippen MR) is 53.0 cm³/mol. The first kappa shape index (κ1) is 8.61. The molecule has 0 heterocycles. The summed E-state index contributed by atoms with van der Waals surface area (Å²) in [6, 6.07) is 9.31. The van der Waals surface area contributed by atoms with Crippen LogP contribution < -0.4 is 4.74 Å². The van der Waals surface area contributed by atoms with Crippen LogP contribution in [0.4, 0.5) is 0 Å². The lowest BCUT2D eigenvalue weighted by Crippen LogP contribution is -1.97. The first-order valence-electron chi connectivity index (χ1n) is 5.05. The van der Waals surface area contributed by atoms with E-state index in [1.54, 1.807) is 0 Å². The van der Waals surface area contributed by atoms with Crippen LogP contribution in [0.3, 0.4) is 0 Å². The molecule has 0 unspecified atom stereocenters. The number of hydrogen-bond donors (Lipinski definition) is 0. The van der Waals surface area contributed by atoms with Crippen LogP contribution in [0.1, 0.15) is 37.7 Å². The van der Waals surface area contributed by atoms with E-state index in [0.29, 0.717) is 0 Å². The zero-order valence-electron chi connectivity index (χ0n) is 8.05. The van der Waals surface area contributed by atoms with E-state index in [4.69, 9.17) is 4.74 Å². The van der Waals surface area contributed by atoms with Crippen molar-refractivity contribution >= 4 is 0 Å². The Morgan fingerprint density at radius 2 is 2.38 bits per heavy atom. The average molecular weight is 175 g/mol. The third-order valence-corrected chi connectivity index (χ3v) is 2.30. The van der Waals surface area contributed by atoms with E-state index in [9.17, 15) is 0 Å². The zero-order valence-corrected chi connectivity index (χ0v) is 8.05. The minimum atomic E-state index is 0.730. The fourth-order valence-electron chi connectivity index (χ4n) is 1.46. The summed E-state index contributed by atoms with van der Waals surface area (Å²) in [4.78, 5) is 0. The zero-order chi connectivity index (χ0) is 9.10. The van der Waals surface area contributed by atoms with Gasteiger partial charge in [0.1, 0.15) is 5.75 Å². The first-order valence-corrected chi connectivity index (χ1v) is 5.05. The minimum absolute atomic E-state index is 0.730. The van der Waals surface area contributed by atoms with Gasteiger partial charge in [0, 0.05) is 5.56 Å². The molecular weight excluding hydrogens is 160 g/mol. The van der Waals surface area contributed by atoms with Gasteiger partial charge < -0.3 is 4.74 Å². The van der Waals surface area contributed by atoms with E-state index in [-0.39, 0.29) is 0 Å². The second-order valence-electron chi connectivity index (χ2n) is 3.57. The van der Waals surface area contributed by atoms with E-state index in [1.165, 1.54) is 18.4 Å². The third kappa shape index (κ3) is 2.03. The van der Waals surface area contributed by atoms with Gasteiger partial charge in [-0.05, 0) is 37.3 Å². The SMILES string of the molecule is CCCOc1ccc[c]c1C1CC1. The summed E-state index contributed by atoms with van der Waals surface area (Å²) in [6.07, 6.45) is 3.69. The molecule has 69 valence electrons. The van der Waals surface area contributed by atoms with Crippen LogP contribution in [0.25, 0.3) is 0 Å². The van der Waals surface area contributed by atoms with Crippen molar-refractivity contribution in [2.45, 2.75) is 32.1 Å². The van der Waals surface area contributed by atoms with E-state index < -0.39 is 0 Å². The highest BCUT2D eigenvalue weighted by atomic mass is 16.5. The van der Waals surface area contributed by atoms with Gasteiger partial charge in [-0.1, -0.05) is 19.1 Å². The summed E-state index contributed by atoms with van der Waals surface area (Å²) < 4.78 is 5.66. The summed E-state index contributed by atoms with van der Waals surface area (Å²) in [7, 11) is 0. The Balaban J connectivity index is 2.12. The maximum atomic E-state index is 5.66. The van der Waals surface area contributed by atoms with Crippen molar-refractivity contribution in [2.75, 3.05) is 6.61 Å². The van der Waals surface area contributed by atoms with Crippen molar-refractivity contribution in [3.63, 3.8) is 0 Å². The molecule has 0 saturated heterocycles. The molecule has 0 bridgehead atoms. The van der Waals surface area contributed by atoms with E-state index in [2.05, 4.69) is 19.1 Å². The lowest BCUT2D eigenvalue weighted by Gasteiger charge is -2.08. The fraction of sp³-hybridized carbons (Fsp3) is 0.500. The molecule has 1 aliphatic rings. The Kier molecular flexibility index (Phi) is 2.53. The summed E-state index contributed by atoms with van der Waals surface area (Å²) >= 11 is 0. The lowest BCUT2D eigenvalue weighted by molar-refractivity contribution is 0.314. The molecule has 1 saturated carbocycles. The maximum Gasteiger partial charge on any atom is 0.123 e. The topological polar surface area (TPSA) is 9.23 Å². The molecule has 2 rings (SSSR count). The quantitative estimate of drug-likeness (QED) is 0.683. The lowest BCUT2D eigenvalue weighted by atomic mass is 10.1. The highest BCUT2D eigenvalue weighted by Gasteiger charge is 2.26. The molecule has 1 radical (unpaired) electrons. The molecule has 1 aliphatic carbocycles. The van der Waals surface area contributed by atoms with E-state index in [1.807, 2.05) is 12.1 Å². The molecule has 1 fully saturated rings. The summed E-state index contributed by atoms with van der Waals surface area (Å²) in [5, 5.41) is 0. The van der Waals surface area contributed by atoms with Crippen LogP contribution in [0.5, 0.6) is 5.75 Å². The summed E-state index contributed by atoms with van der Waals surface area (Å²) in [6.45, 7) is 2.95. The molecule has 0 N–H and O–H groups in total. The van der Waals surface area contributed by atoms with Crippen LogP contribution in [0.2, 0.25) is 0 Å². The molecule has 0 amide bonds. The molecule has 1 aromatic carbocycles. The van der Waals surface area contributed by atoms with Gasteiger partial charge in [0.25, 0.3) is 0 Å². The van der Waals surface area contributed by atoms with Gasteiger partial charge in [0.2, 0.25) is 0 Å². The number of benzene rings is 1. The molecule has 13 heavy (non-hydrogen) atoms. The fourth-order valence-corrected chi connectivity index (χ4v) is 1.46. The van der Waals surface area contributed by atoms with Gasteiger partial charge in [-0.2, -0.15) is 0 Å². The minimum Gasteiger partial charge on any atom is -0.493 e. The van der Waals surface area contributed by atoms with Crippen molar-refractivity contribution in [2.24, 2.45) is 0 Å². The normalized spacial score (nSPS) is 15.8. The van der Waals surface area contributed by atoms with E-state index >= 15 is 0 Å². The van der Waals surface area contributed by atoms with Gasteiger partial charge in [-0.15, -0.1) is 0 Å². The highest BCUT2D eigenvalue weighted by Crippen LogP contribution is 2.43. The summed E-state index contributed by atoms with van der Waals surface area (Å²) in [5.41, 5.74) is 1.29. The van der Waals surface area contributed by atoms with Gasteiger partial charge in [0.15, 0.2) is 0 Å². The monoisotopic (exact) mass is 175 g/mol. The molecule has 1 aromatic rings. The molecule has 1 nitrogen and oxygen atoms in total. The standard InChI is InChI=1S/C12H15O/c1-2-9-13-12-6-4-3-5-11(12)10-7-8-10/h3-4,6,10H,2,7-9H2,1H3. The second kappa shape index (κ2) is 3.82. The Morgan fingerprint density at radius 1 is 1.54 bits per heavy atom. The van der Waals surface area contributed by atoms with Crippen LogP contribution in [-0.4, -0.2) is 6.61 Å². The van der Waals surface area contributed by atoms with Crippen molar-refractivity contribution < 1.29 is 4.74 Å². The Hall–Kier alpha value is -0.980. The largest absolute Gasteiger partial charge is 0.493 e. The molecule has 0 aliphatic heterocycles. The maximum absolute atomic E-state index is 5.66. The average Bonchev–Trinajstić information content (AvgIpc) is 2.98. The molecule has 0 atom stereocenters. The van der Waals surface area contributed by atoms with Gasteiger partial charge >= 0.3 is 0 Å². The number of hydrogen-bond acceptors (Lipinski definition) is 1. The Bertz CT molecular complexity index is 276. The second-order valence-corrected chi connectivity index (χ2v) is 3.57. The van der Waals surface area contributed by atoms with Crippen molar-refractivity contribution in [3.05, 3.63) is 29.8 Å². The van der Waals surface area contributed by atoms with Crippen molar-refractivity contribution in [1.82, 2.24) is 0 Å². The van der Waals surface area contributed by atoms with Crippen LogP contribution in [0, 0.1) is 6.07 Å². The summed E-state index contributed by atoms with van der Waals surface area (Å²) in [5.74, 6) is 1.78. The van der Waals surface area contributed by atoms with Crippen molar-refractivity contribution in [3.8, 4) is 5.75 Å². The van der Waals surface area contributed by atoms with Crippen LogP contribution >= 0.6 is 0 Å². The Morgan fingerprint density at radius 3 is 3.08 bits per heavy atom.